The van der Waals surface area contributed by atoms with Gasteiger partial charge in [0.05, 0.1) is 0 Å². The summed E-state index contributed by atoms with van der Waals surface area (Å²) in [6, 6.07) is 6.60. The third kappa shape index (κ3) is 5.16. The maximum absolute atomic E-state index is 12.8. The van der Waals surface area contributed by atoms with Crippen molar-refractivity contribution in [3.63, 3.8) is 0 Å². The molecule has 0 amide bonds. The van der Waals surface area contributed by atoms with Crippen molar-refractivity contribution in [2.45, 2.75) is 43.8 Å². The highest BCUT2D eigenvalue weighted by atomic mass is 32.2. The van der Waals surface area contributed by atoms with E-state index < -0.39 is 19.0 Å². The highest BCUT2D eigenvalue weighted by Gasteiger charge is 2.41. The lowest BCUT2D eigenvalue weighted by atomic mass is 10.00. The van der Waals surface area contributed by atoms with Gasteiger partial charge in [0.2, 0.25) is 0 Å². The Hall–Kier alpha value is -1.17. The first-order valence-corrected chi connectivity index (χ1v) is 9.21. The highest BCUT2D eigenvalue weighted by molar-refractivity contribution is 7.99. The number of ether oxygens (including phenoxy) is 1. The van der Waals surface area contributed by atoms with Crippen LogP contribution in [0.2, 0.25) is 0 Å². The standard InChI is InChI=1S/C18H22F4OS/c1-12(9-13-3-8-16(10-13)24-2)14-4-6-15(7-5-14)23-11-18(21,22)17(19)20/h4-7,9,13,16-17H,3,8,10-11H2,1-2H3/b12-9+. The maximum Gasteiger partial charge on any atom is 0.340 e. The minimum Gasteiger partial charge on any atom is -0.487 e. The zero-order valence-corrected chi connectivity index (χ0v) is 14.6. The number of hydrogen-bond acceptors (Lipinski definition) is 2. The van der Waals surface area contributed by atoms with Gasteiger partial charge in [-0.25, -0.2) is 8.78 Å². The van der Waals surface area contributed by atoms with Crippen LogP contribution in [0, 0.1) is 5.92 Å². The van der Waals surface area contributed by atoms with Crippen LogP contribution in [0.15, 0.2) is 30.3 Å². The van der Waals surface area contributed by atoms with Crippen molar-refractivity contribution in [1.82, 2.24) is 0 Å². The van der Waals surface area contributed by atoms with E-state index in [0.29, 0.717) is 5.92 Å². The lowest BCUT2D eigenvalue weighted by molar-refractivity contribution is -0.148. The van der Waals surface area contributed by atoms with E-state index in [4.69, 9.17) is 4.74 Å². The SMILES string of the molecule is CSC1CCC(/C=C(\C)c2ccc(OCC(F)(F)C(F)F)cc2)C1. The Balaban J connectivity index is 1.94. The smallest absolute Gasteiger partial charge is 0.340 e. The maximum atomic E-state index is 12.8. The van der Waals surface area contributed by atoms with E-state index in [-0.39, 0.29) is 5.75 Å². The van der Waals surface area contributed by atoms with E-state index >= 15 is 0 Å². The fourth-order valence-corrected chi connectivity index (χ4v) is 3.66. The molecule has 0 N–H and O–H groups in total. The van der Waals surface area contributed by atoms with Crippen molar-refractivity contribution in [3.05, 3.63) is 35.9 Å². The van der Waals surface area contributed by atoms with Crippen LogP contribution in [0.4, 0.5) is 17.6 Å². The average Bonchev–Trinajstić information content (AvgIpc) is 3.01. The molecule has 24 heavy (non-hydrogen) atoms. The zero-order chi connectivity index (χ0) is 17.7. The molecule has 2 rings (SSSR count). The molecule has 134 valence electrons. The quantitative estimate of drug-likeness (QED) is 0.559. The van der Waals surface area contributed by atoms with Crippen LogP contribution in [0.25, 0.3) is 5.57 Å². The predicted octanol–water partition coefficient (Wildman–Crippen LogP) is 5.90. The van der Waals surface area contributed by atoms with E-state index in [1.165, 1.54) is 31.4 Å². The number of rotatable bonds is 7. The summed E-state index contributed by atoms with van der Waals surface area (Å²) in [5.41, 5.74) is 2.11. The molecule has 0 spiro atoms. The van der Waals surface area contributed by atoms with E-state index in [1.807, 2.05) is 18.7 Å². The van der Waals surface area contributed by atoms with Gasteiger partial charge in [0, 0.05) is 5.25 Å². The van der Waals surface area contributed by atoms with Crippen LogP contribution < -0.4 is 4.74 Å². The highest BCUT2D eigenvalue weighted by Crippen LogP contribution is 2.35. The summed E-state index contributed by atoms with van der Waals surface area (Å²) in [5, 5.41) is 0.728. The van der Waals surface area contributed by atoms with Crippen LogP contribution in [0.5, 0.6) is 5.75 Å². The molecule has 1 aliphatic rings. The third-order valence-corrected chi connectivity index (χ3v) is 5.40. The van der Waals surface area contributed by atoms with Crippen molar-refractivity contribution in [1.29, 1.82) is 0 Å². The second-order valence-electron chi connectivity index (χ2n) is 6.16. The summed E-state index contributed by atoms with van der Waals surface area (Å²) in [7, 11) is 0. The molecule has 1 aliphatic carbocycles. The molecule has 1 nitrogen and oxygen atoms in total. The number of benzene rings is 1. The van der Waals surface area contributed by atoms with Gasteiger partial charge in [0.25, 0.3) is 0 Å². The minimum atomic E-state index is -4.13. The Kier molecular flexibility index (Phi) is 6.61. The van der Waals surface area contributed by atoms with Gasteiger partial charge >= 0.3 is 12.3 Å². The molecule has 0 bridgehead atoms. The fraction of sp³-hybridized carbons (Fsp3) is 0.556. The second-order valence-corrected chi connectivity index (χ2v) is 7.29. The van der Waals surface area contributed by atoms with E-state index in [1.54, 1.807) is 12.1 Å². The largest absolute Gasteiger partial charge is 0.487 e. The van der Waals surface area contributed by atoms with Gasteiger partial charge in [-0.1, -0.05) is 18.2 Å². The van der Waals surface area contributed by atoms with Crippen LogP contribution in [0.1, 0.15) is 31.7 Å². The van der Waals surface area contributed by atoms with Gasteiger partial charge in [0.1, 0.15) is 5.75 Å². The summed E-state index contributed by atoms with van der Waals surface area (Å²) in [6.07, 6.45) is 4.28. The molecule has 1 fully saturated rings. The van der Waals surface area contributed by atoms with Gasteiger partial charge in [-0.15, -0.1) is 0 Å². The summed E-state index contributed by atoms with van der Waals surface area (Å²) in [5.74, 6) is -3.40. The van der Waals surface area contributed by atoms with Crippen molar-refractivity contribution in [3.8, 4) is 5.75 Å². The monoisotopic (exact) mass is 362 g/mol. The number of hydrogen-bond donors (Lipinski definition) is 0. The fourth-order valence-electron chi connectivity index (χ4n) is 2.85. The molecule has 0 radical (unpaired) electrons. The first kappa shape index (κ1) is 19.2. The Morgan fingerprint density at radius 2 is 1.96 bits per heavy atom. The molecule has 0 aromatic heterocycles. The molecule has 6 heteroatoms. The van der Waals surface area contributed by atoms with E-state index in [0.717, 1.165) is 16.4 Å². The number of allylic oxidation sites excluding steroid dienone is 2. The number of alkyl halides is 4. The van der Waals surface area contributed by atoms with Crippen LogP contribution in [0.3, 0.4) is 0 Å². The zero-order valence-electron chi connectivity index (χ0n) is 13.8. The van der Waals surface area contributed by atoms with Crippen LogP contribution in [-0.2, 0) is 0 Å². The molecule has 0 aliphatic heterocycles. The molecule has 2 atom stereocenters. The van der Waals surface area contributed by atoms with Gasteiger partial charge < -0.3 is 4.74 Å². The Morgan fingerprint density at radius 3 is 2.50 bits per heavy atom. The second kappa shape index (κ2) is 8.28. The predicted molar refractivity (Wildman–Crippen MR) is 91.2 cm³/mol. The molecular weight excluding hydrogens is 340 g/mol. The topological polar surface area (TPSA) is 9.23 Å². The Morgan fingerprint density at radius 1 is 1.29 bits per heavy atom. The molecule has 0 heterocycles. The summed E-state index contributed by atoms with van der Waals surface area (Å²) >= 11 is 1.91. The molecule has 2 unspecified atom stereocenters. The van der Waals surface area contributed by atoms with Gasteiger partial charge in [0.15, 0.2) is 6.61 Å². The van der Waals surface area contributed by atoms with E-state index in [2.05, 4.69) is 12.3 Å². The lowest BCUT2D eigenvalue weighted by Crippen LogP contribution is -2.33. The molecule has 1 aromatic rings. The summed E-state index contributed by atoms with van der Waals surface area (Å²) < 4.78 is 54.6. The van der Waals surface area contributed by atoms with Crippen LogP contribution in [-0.4, -0.2) is 30.5 Å². The van der Waals surface area contributed by atoms with Gasteiger partial charge in [-0.3, -0.25) is 0 Å². The molecule has 1 aromatic carbocycles. The third-order valence-electron chi connectivity index (χ3n) is 4.30. The summed E-state index contributed by atoms with van der Waals surface area (Å²) in [6.45, 7) is 0.699. The first-order valence-electron chi connectivity index (χ1n) is 7.92. The van der Waals surface area contributed by atoms with Crippen molar-refractivity contribution < 1.29 is 22.3 Å². The summed E-state index contributed by atoms with van der Waals surface area (Å²) in [4.78, 5) is 0. The normalized spacial score (nSPS) is 22.2. The van der Waals surface area contributed by atoms with Gasteiger partial charge in [-0.2, -0.15) is 20.5 Å². The molecule has 1 saturated carbocycles. The number of halogens is 4. The minimum absolute atomic E-state index is 0.162. The first-order chi connectivity index (χ1) is 11.3. The van der Waals surface area contributed by atoms with Crippen LogP contribution >= 0.6 is 11.8 Å². The van der Waals surface area contributed by atoms with Gasteiger partial charge in [-0.05, 0) is 61.6 Å². The molecule has 0 saturated heterocycles. The Labute approximate surface area is 144 Å². The Bertz CT molecular complexity index is 557. The lowest BCUT2D eigenvalue weighted by Gasteiger charge is -2.16. The van der Waals surface area contributed by atoms with Crippen molar-refractivity contribution >= 4 is 17.3 Å². The van der Waals surface area contributed by atoms with E-state index in [9.17, 15) is 17.6 Å². The van der Waals surface area contributed by atoms with Crippen molar-refractivity contribution in [2.24, 2.45) is 5.92 Å². The average molecular weight is 362 g/mol. The molecular formula is C18H22F4OS. The van der Waals surface area contributed by atoms with Crippen molar-refractivity contribution in [2.75, 3.05) is 12.9 Å². The number of thioether (sulfide) groups is 1.